The Morgan fingerprint density at radius 3 is 2.76 bits per heavy atom. The average Bonchev–Trinajstić information content (AvgIpc) is 2.69. The molecule has 5 nitrogen and oxygen atoms in total. The fourth-order valence-electron chi connectivity index (χ4n) is 1.78. The van der Waals surface area contributed by atoms with E-state index in [-0.39, 0.29) is 0 Å². The van der Waals surface area contributed by atoms with Gasteiger partial charge in [-0.3, -0.25) is 9.67 Å². The lowest BCUT2D eigenvalue weighted by Gasteiger charge is -2.13. The van der Waals surface area contributed by atoms with Gasteiger partial charge in [-0.1, -0.05) is 6.07 Å². The van der Waals surface area contributed by atoms with Crippen LogP contribution in [-0.2, 0) is 7.05 Å². The molecule has 0 saturated carbocycles. The molecule has 0 bridgehead atoms. The summed E-state index contributed by atoms with van der Waals surface area (Å²) in [5, 5.41) is 14.4. The predicted molar refractivity (Wildman–Crippen MR) is 62.8 cm³/mol. The van der Waals surface area contributed by atoms with Crippen LogP contribution in [0.5, 0.6) is 5.75 Å². The second kappa shape index (κ2) is 4.55. The third-order valence-electron chi connectivity index (χ3n) is 2.64. The Kier molecular flexibility index (Phi) is 3.10. The van der Waals surface area contributed by atoms with Gasteiger partial charge in [0.1, 0.15) is 11.8 Å². The van der Waals surface area contributed by atoms with E-state index in [9.17, 15) is 5.11 Å². The van der Waals surface area contributed by atoms with Crippen molar-refractivity contribution in [3.8, 4) is 5.75 Å². The highest BCUT2D eigenvalue weighted by Gasteiger charge is 2.20. The number of pyridine rings is 1. The van der Waals surface area contributed by atoms with E-state index in [1.54, 1.807) is 37.4 Å². The molecule has 2 rings (SSSR count). The highest BCUT2D eigenvalue weighted by Crippen LogP contribution is 2.29. The first kappa shape index (κ1) is 11.6. The summed E-state index contributed by atoms with van der Waals surface area (Å²) in [5.41, 5.74) is 2.36. The molecule has 0 amide bonds. The van der Waals surface area contributed by atoms with E-state index in [1.807, 2.05) is 13.0 Å². The molecule has 1 atom stereocenters. The van der Waals surface area contributed by atoms with E-state index < -0.39 is 6.10 Å². The fraction of sp³-hybridized carbons (Fsp3) is 0.333. The van der Waals surface area contributed by atoms with Crippen LogP contribution in [0.2, 0.25) is 0 Å². The minimum absolute atomic E-state index is 0.571. The van der Waals surface area contributed by atoms with Crippen LogP contribution in [0.4, 0.5) is 0 Å². The molecular formula is C12H15N3O2. The number of methoxy groups -OCH3 is 1. The van der Waals surface area contributed by atoms with Crippen molar-refractivity contribution >= 4 is 0 Å². The number of hydrogen-bond acceptors (Lipinski definition) is 4. The van der Waals surface area contributed by atoms with Gasteiger partial charge in [-0.15, -0.1) is 0 Å². The van der Waals surface area contributed by atoms with Gasteiger partial charge in [-0.2, -0.15) is 5.10 Å². The number of ether oxygens (including phenoxy) is 1. The van der Waals surface area contributed by atoms with E-state index in [0.717, 1.165) is 11.1 Å². The Morgan fingerprint density at radius 1 is 1.35 bits per heavy atom. The Hall–Kier alpha value is -1.88. The summed E-state index contributed by atoms with van der Waals surface area (Å²) in [4.78, 5) is 4.07. The summed E-state index contributed by atoms with van der Waals surface area (Å²) >= 11 is 0. The lowest BCUT2D eigenvalue weighted by Crippen LogP contribution is -2.08. The van der Waals surface area contributed by atoms with E-state index >= 15 is 0 Å². The standard InChI is InChI=1S/C12H15N3O2/c1-8-4-9(6-13-5-8)12(16)11-10(17-3)7-14-15(11)2/h4-7,12,16H,1-3H3. The molecule has 0 fully saturated rings. The minimum Gasteiger partial charge on any atom is -0.493 e. The maximum absolute atomic E-state index is 10.3. The second-order valence-electron chi connectivity index (χ2n) is 3.92. The molecule has 0 aliphatic carbocycles. The number of nitrogens with zero attached hydrogens (tertiary/aromatic N) is 3. The van der Waals surface area contributed by atoms with Gasteiger partial charge in [0, 0.05) is 25.0 Å². The van der Waals surface area contributed by atoms with Gasteiger partial charge in [0.05, 0.1) is 13.3 Å². The van der Waals surface area contributed by atoms with E-state index in [1.165, 1.54) is 0 Å². The zero-order chi connectivity index (χ0) is 12.4. The van der Waals surface area contributed by atoms with Crippen molar-refractivity contribution in [2.24, 2.45) is 7.05 Å². The monoisotopic (exact) mass is 233 g/mol. The third-order valence-corrected chi connectivity index (χ3v) is 2.64. The maximum atomic E-state index is 10.3. The van der Waals surface area contributed by atoms with Gasteiger partial charge >= 0.3 is 0 Å². The number of rotatable bonds is 3. The zero-order valence-electron chi connectivity index (χ0n) is 10.1. The van der Waals surface area contributed by atoms with Gasteiger partial charge < -0.3 is 9.84 Å². The first-order valence-electron chi connectivity index (χ1n) is 5.29. The Labute approximate surface area is 99.7 Å². The number of aliphatic hydroxyl groups is 1. The maximum Gasteiger partial charge on any atom is 0.162 e. The molecule has 1 unspecified atom stereocenters. The molecule has 0 aliphatic heterocycles. The summed E-state index contributed by atoms with van der Waals surface area (Å²) < 4.78 is 6.78. The number of hydrogen-bond donors (Lipinski definition) is 1. The van der Waals surface area contributed by atoms with Gasteiger partial charge in [0.2, 0.25) is 0 Å². The van der Waals surface area contributed by atoms with Crippen LogP contribution in [0.15, 0.2) is 24.7 Å². The van der Waals surface area contributed by atoms with Crippen molar-refractivity contribution in [1.82, 2.24) is 14.8 Å². The van der Waals surface area contributed by atoms with Crippen LogP contribution < -0.4 is 4.74 Å². The highest BCUT2D eigenvalue weighted by molar-refractivity contribution is 5.34. The van der Waals surface area contributed by atoms with Crippen molar-refractivity contribution in [3.63, 3.8) is 0 Å². The summed E-state index contributed by atoms with van der Waals surface area (Å²) in [6.07, 6.45) is 4.19. The van der Waals surface area contributed by atoms with Crippen LogP contribution in [0.25, 0.3) is 0 Å². The molecule has 0 aromatic carbocycles. The molecule has 0 saturated heterocycles. The fourth-order valence-corrected chi connectivity index (χ4v) is 1.78. The molecule has 2 heterocycles. The lowest BCUT2D eigenvalue weighted by atomic mass is 10.1. The van der Waals surface area contributed by atoms with Crippen LogP contribution in [-0.4, -0.2) is 27.0 Å². The predicted octanol–water partition coefficient (Wildman–Crippen LogP) is 1.21. The van der Waals surface area contributed by atoms with Crippen molar-refractivity contribution < 1.29 is 9.84 Å². The number of aryl methyl sites for hydroxylation is 2. The van der Waals surface area contributed by atoms with E-state index in [0.29, 0.717) is 11.4 Å². The number of aromatic nitrogens is 3. The summed E-state index contributed by atoms with van der Waals surface area (Å²) in [6.45, 7) is 1.93. The van der Waals surface area contributed by atoms with Crippen LogP contribution in [0.3, 0.4) is 0 Å². The molecule has 17 heavy (non-hydrogen) atoms. The zero-order valence-corrected chi connectivity index (χ0v) is 10.1. The van der Waals surface area contributed by atoms with Crippen LogP contribution in [0, 0.1) is 6.92 Å². The minimum atomic E-state index is -0.787. The van der Waals surface area contributed by atoms with E-state index in [4.69, 9.17) is 4.74 Å². The van der Waals surface area contributed by atoms with Gasteiger partial charge in [0.25, 0.3) is 0 Å². The second-order valence-corrected chi connectivity index (χ2v) is 3.92. The molecule has 2 aromatic rings. The summed E-state index contributed by atoms with van der Waals surface area (Å²) in [7, 11) is 3.33. The quantitative estimate of drug-likeness (QED) is 0.865. The van der Waals surface area contributed by atoms with Gasteiger partial charge in [-0.05, 0) is 12.5 Å². The molecule has 90 valence electrons. The summed E-state index contributed by atoms with van der Waals surface area (Å²) in [5.74, 6) is 0.571. The Bertz CT molecular complexity index is 522. The van der Waals surface area contributed by atoms with Crippen molar-refractivity contribution in [1.29, 1.82) is 0 Å². The smallest absolute Gasteiger partial charge is 0.162 e. The SMILES string of the molecule is COc1cnn(C)c1C(O)c1cncc(C)c1. The van der Waals surface area contributed by atoms with Crippen LogP contribution in [0.1, 0.15) is 22.9 Å². The van der Waals surface area contributed by atoms with Crippen molar-refractivity contribution in [3.05, 3.63) is 41.5 Å². The number of aliphatic hydroxyl groups excluding tert-OH is 1. The van der Waals surface area contributed by atoms with Gasteiger partial charge in [0.15, 0.2) is 5.75 Å². The molecule has 0 radical (unpaired) electrons. The van der Waals surface area contributed by atoms with Crippen molar-refractivity contribution in [2.45, 2.75) is 13.0 Å². The largest absolute Gasteiger partial charge is 0.493 e. The van der Waals surface area contributed by atoms with Crippen molar-refractivity contribution in [2.75, 3.05) is 7.11 Å². The lowest BCUT2D eigenvalue weighted by molar-refractivity contribution is 0.204. The first-order chi connectivity index (χ1) is 8.13. The average molecular weight is 233 g/mol. The molecule has 0 spiro atoms. The van der Waals surface area contributed by atoms with Gasteiger partial charge in [-0.25, -0.2) is 0 Å². The highest BCUT2D eigenvalue weighted by atomic mass is 16.5. The molecule has 5 heteroatoms. The molecule has 1 N–H and O–H groups in total. The normalized spacial score (nSPS) is 12.5. The summed E-state index contributed by atoms with van der Waals surface area (Å²) in [6, 6.07) is 1.89. The molecular weight excluding hydrogens is 218 g/mol. The third kappa shape index (κ3) is 2.14. The van der Waals surface area contributed by atoms with E-state index in [2.05, 4.69) is 10.1 Å². The Balaban J connectivity index is 2.43. The molecule has 0 aliphatic rings. The topological polar surface area (TPSA) is 60.2 Å². The first-order valence-corrected chi connectivity index (χ1v) is 5.29. The van der Waals surface area contributed by atoms with Crippen LogP contribution >= 0.6 is 0 Å². The Morgan fingerprint density at radius 2 is 2.12 bits per heavy atom. The molecule has 2 aromatic heterocycles.